The van der Waals surface area contributed by atoms with Gasteiger partial charge in [-0.3, -0.25) is 0 Å². The quantitative estimate of drug-likeness (QED) is 0.523. The topological polar surface area (TPSA) is 0 Å². The molecule has 0 spiro atoms. The second-order valence-corrected chi connectivity index (χ2v) is 3.25. The van der Waals surface area contributed by atoms with Gasteiger partial charge in [-0.15, -0.1) is 0 Å². The second-order valence-electron chi connectivity index (χ2n) is 3.25. The Hall–Kier alpha value is -0.260. The first kappa shape index (κ1) is 9.74. The van der Waals surface area contributed by atoms with E-state index in [9.17, 15) is 0 Å². The molecule has 0 aromatic rings. The maximum atomic E-state index is 3.96. The number of hydrogen-bond acceptors (Lipinski definition) is 0. The third kappa shape index (κ3) is 5.87. The third-order valence-electron chi connectivity index (χ3n) is 1.58. The summed E-state index contributed by atoms with van der Waals surface area (Å²) in [5.74, 6) is 1.39. The first-order chi connectivity index (χ1) is 4.66. The molecule has 0 amide bonds. The molecule has 0 heterocycles. The van der Waals surface area contributed by atoms with E-state index in [0.717, 1.165) is 5.92 Å². The van der Waals surface area contributed by atoms with Crippen molar-refractivity contribution >= 4 is 0 Å². The summed E-state index contributed by atoms with van der Waals surface area (Å²) >= 11 is 0. The second kappa shape index (κ2) is 5.52. The van der Waals surface area contributed by atoms with Crippen molar-refractivity contribution < 1.29 is 0 Å². The fraction of sp³-hybridized carbons (Fsp3) is 0.700. The van der Waals surface area contributed by atoms with Crippen LogP contribution in [-0.2, 0) is 0 Å². The Bertz CT molecular complexity index is 90.2. The molecule has 1 radical (unpaired) electrons. The van der Waals surface area contributed by atoms with Crippen LogP contribution in [0.5, 0.6) is 0 Å². The van der Waals surface area contributed by atoms with Gasteiger partial charge in [0.1, 0.15) is 0 Å². The maximum absolute atomic E-state index is 3.96. The van der Waals surface area contributed by atoms with Crippen LogP contribution in [0.15, 0.2) is 12.2 Å². The fourth-order valence-electron chi connectivity index (χ4n) is 1.15. The van der Waals surface area contributed by atoms with Gasteiger partial charge in [0.25, 0.3) is 0 Å². The normalized spacial score (nSPS) is 14.9. The molecular weight excluding hydrogens is 120 g/mol. The summed E-state index contributed by atoms with van der Waals surface area (Å²) in [5, 5.41) is 0. The number of rotatable bonds is 4. The highest BCUT2D eigenvalue weighted by molar-refractivity contribution is 4.79. The molecule has 0 aliphatic rings. The predicted molar refractivity (Wildman–Crippen MR) is 47.7 cm³/mol. The van der Waals surface area contributed by atoms with Crippen molar-refractivity contribution in [3.63, 3.8) is 0 Å². The van der Waals surface area contributed by atoms with Crippen molar-refractivity contribution in [1.29, 1.82) is 0 Å². The van der Waals surface area contributed by atoms with Crippen molar-refractivity contribution in [3.8, 4) is 0 Å². The first-order valence-corrected chi connectivity index (χ1v) is 4.11. The lowest BCUT2D eigenvalue weighted by atomic mass is 9.96. The van der Waals surface area contributed by atoms with Crippen LogP contribution >= 0.6 is 0 Å². The minimum atomic E-state index is 0.597. The maximum Gasteiger partial charge on any atom is -0.0325 e. The summed E-state index contributed by atoms with van der Waals surface area (Å²) in [4.78, 5) is 0. The molecule has 0 aromatic carbocycles. The van der Waals surface area contributed by atoms with Crippen molar-refractivity contribution in [3.05, 3.63) is 19.1 Å². The van der Waals surface area contributed by atoms with Gasteiger partial charge in [-0.25, -0.2) is 0 Å². The van der Waals surface area contributed by atoms with Gasteiger partial charge in [0.2, 0.25) is 0 Å². The lowest BCUT2D eigenvalue weighted by molar-refractivity contribution is 0.469. The van der Waals surface area contributed by atoms with Crippen molar-refractivity contribution in [1.82, 2.24) is 0 Å². The molecule has 0 bridgehead atoms. The minimum Gasteiger partial charge on any atom is -0.0917 e. The Kier molecular flexibility index (Phi) is 5.38. The lowest BCUT2D eigenvalue weighted by Gasteiger charge is -2.10. The van der Waals surface area contributed by atoms with Crippen LogP contribution in [-0.4, -0.2) is 0 Å². The zero-order valence-corrected chi connectivity index (χ0v) is 7.43. The molecule has 0 fully saturated rings. The minimum absolute atomic E-state index is 0.597. The first-order valence-electron chi connectivity index (χ1n) is 4.11. The zero-order chi connectivity index (χ0) is 7.98. The van der Waals surface area contributed by atoms with Crippen LogP contribution < -0.4 is 0 Å². The summed E-state index contributed by atoms with van der Waals surface area (Å²) < 4.78 is 0. The Labute approximate surface area is 65.3 Å². The van der Waals surface area contributed by atoms with Gasteiger partial charge in [0, 0.05) is 0 Å². The van der Waals surface area contributed by atoms with E-state index in [1.165, 1.54) is 12.8 Å². The molecule has 2 atom stereocenters. The van der Waals surface area contributed by atoms with E-state index in [1.54, 1.807) is 0 Å². The Morgan fingerprint density at radius 1 is 1.40 bits per heavy atom. The molecule has 0 aliphatic carbocycles. The molecule has 0 aliphatic heterocycles. The Morgan fingerprint density at radius 2 is 2.00 bits per heavy atom. The standard InChI is InChI=1S/C10H19/c1-5-6-7-10(4)8-9(2)3/h5-6,9-10H,2,7-8H2,1,3-4H3. The average Bonchev–Trinajstić information content (AvgIpc) is 1.82. The molecule has 0 N–H and O–H groups in total. The smallest absolute Gasteiger partial charge is 0.0325 e. The van der Waals surface area contributed by atoms with E-state index < -0.39 is 0 Å². The van der Waals surface area contributed by atoms with Crippen LogP contribution in [0.2, 0.25) is 0 Å². The van der Waals surface area contributed by atoms with Crippen LogP contribution in [0.1, 0.15) is 33.6 Å². The van der Waals surface area contributed by atoms with E-state index in [0.29, 0.717) is 5.92 Å². The van der Waals surface area contributed by atoms with Gasteiger partial charge in [0.05, 0.1) is 0 Å². The molecule has 0 saturated heterocycles. The van der Waals surface area contributed by atoms with E-state index in [4.69, 9.17) is 0 Å². The van der Waals surface area contributed by atoms with Crippen molar-refractivity contribution in [2.45, 2.75) is 33.6 Å². The molecule has 2 unspecified atom stereocenters. The van der Waals surface area contributed by atoms with E-state index >= 15 is 0 Å². The lowest BCUT2D eigenvalue weighted by Crippen LogP contribution is -1.98. The van der Waals surface area contributed by atoms with Gasteiger partial charge >= 0.3 is 0 Å². The zero-order valence-electron chi connectivity index (χ0n) is 7.43. The fourth-order valence-corrected chi connectivity index (χ4v) is 1.15. The highest BCUT2D eigenvalue weighted by atomic mass is 14.1. The molecule has 10 heavy (non-hydrogen) atoms. The average molecular weight is 139 g/mol. The number of hydrogen-bond donors (Lipinski definition) is 0. The van der Waals surface area contributed by atoms with Gasteiger partial charge in [-0.2, -0.15) is 0 Å². The SMILES string of the molecule is [CH2]C(C)CC(C)CC=CC. The molecular formula is C10H19. The molecule has 0 heteroatoms. The summed E-state index contributed by atoms with van der Waals surface area (Å²) in [6.07, 6.45) is 6.79. The van der Waals surface area contributed by atoms with Gasteiger partial charge in [0.15, 0.2) is 0 Å². The highest BCUT2D eigenvalue weighted by Crippen LogP contribution is 2.14. The van der Waals surface area contributed by atoms with Crippen LogP contribution in [0.25, 0.3) is 0 Å². The van der Waals surface area contributed by atoms with E-state index in [-0.39, 0.29) is 0 Å². The van der Waals surface area contributed by atoms with Crippen molar-refractivity contribution in [2.24, 2.45) is 11.8 Å². The number of allylic oxidation sites excluding steroid dienone is 2. The summed E-state index contributed by atoms with van der Waals surface area (Å²) in [6, 6.07) is 0. The largest absolute Gasteiger partial charge is 0.0917 e. The van der Waals surface area contributed by atoms with Crippen molar-refractivity contribution in [2.75, 3.05) is 0 Å². The summed E-state index contributed by atoms with van der Waals surface area (Å²) in [7, 11) is 0. The van der Waals surface area contributed by atoms with Gasteiger partial charge in [-0.05, 0) is 31.6 Å². The van der Waals surface area contributed by atoms with Crippen LogP contribution in [0, 0.1) is 18.8 Å². The van der Waals surface area contributed by atoms with E-state index in [1.807, 2.05) is 0 Å². The molecule has 0 rings (SSSR count). The molecule has 0 nitrogen and oxygen atoms in total. The summed E-state index contributed by atoms with van der Waals surface area (Å²) in [5.41, 5.74) is 0. The summed E-state index contributed by atoms with van der Waals surface area (Å²) in [6.45, 7) is 10.5. The van der Waals surface area contributed by atoms with E-state index in [2.05, 4.69) is 39.8 Å². The third-order valence-corrected chi connectivity index (χ3v) is 1.58. The molecule has 0 saturated carbocycles. The molecule has 59 valence electrons. The Balaban J connectivity index is 3.33. The van der Waals surface area contributed by atoms with Gasteiger partial charge < -0.3 is 0 Å². The Morgan fingerprint density at radius 3 is 2.40 bits per heavy atom. The highest BCUT2D eigenvalue weighted by Gasteiger charge is 2.01. The van der Waals surface area contributed by atoms with Crippen LogP contribution in [0.3, 0.4) is 0 Å². The predicted octanol–water partition coefficient (Wildman–Crippen LogP) is 3.45. The monoisotopic (exact) mass is 139 g/mol. The van der Waals surface area contributed by atoms with Crippen LogP contribution in [0.4, 0.5) is 0 Å². The van der Waals surface area contributed by atoms with Gasteiger partial charge in [-0.1, -0.05) is 32.9 Å². The molecule has 0 aromatic heterocycles.